The number of benzene rings is 1. The van der Waals surface area contributed by atoms with Crippen LogP contribution in [0.2, 0.25) is 0 Å². The zero-order valence-corrected chi connectivity index (χ0v) is 16.5. The van der Waals surface area contributed by atoms with Crippen LogP contribution in [0, 0.1) is 6.92 Å². The lowest BCUT2D eigenvalue weighted by molar-refractivity contribution is -0.141. The molecule has 2 aromatic rings. The minimum absolute atomic E-state index is 0.211. The number of unbranched alkanes of at least 4 members (excludes halogenated alkanes) is 4. The van der Waals surface area contributed by atoms with E-state index in [1.165, 1.54) is 25.3 Å². The number of halogens is 3. The van der Waals surface area contributed by atoms with Crippen LogP contribution in [0.15, 0.2) is 36.4 Å². The first-order valence-electron chi connectivity index (χ1n) is 9.86. The summed E-state index contributed by atoms with van der Waals surface area (Å²) in [5.41, 5.74) is 1.05. The molecule has 0 spiro atoms. The van der Waals surface area contributed by atoms with Crippen molar-refractivity contribution in [2.24, 2.45) is 0 Å². The Labute approximate surface area is 165 Å². The third-order valence-corrected chi connectivity index (χ3v) is 4.67. The molecule has 28 heavy (non-hydrogen) atoms. The van der Waals surface area contributed by atoms with Gasteiger partial charge in [0.15, 0.2) is 0 Å². The predicted molar refractivity (Wildman–Crippen MR) is 106 cm³/mol. The average molecular weight is 394 g/mol. The largest absolute Gasteiger partial charge is 0.433 e. The number of rotatable bonds is 10. The van der Waals surface area contributed by atoms with Gasteiger partial charge in [0.25, 0.3) is 0 Å². The maximum atomic E-state index is 13.3. The molecule has 154 valence electrons. The highest BCUT2D eigenvalue weighted by Gasteiger charge is 2.33. The summed E-state index contributed by atoms with van der Waals surface area (Å²) in [7, 11) is 0. The lowest BCUT2D eigenvalue weighted by Crippen LogP contribution is -2.23. The minimum atomic E-state index is -4.57. The van der Waals surface area contributed by atoms with E-state index in [4.69, 9.17) is 0 Å². The summed E-state index contributed by atoms with van der Waals surface area (Å²) in [4.78, 5) is 3.77. The van der Waals surface area contributed by atoms with Crippen LogP contribution in [0.3, 0.4) is 0 Å². The van der Waals surface area contributed by atoms with Crippen molar-refractivity contribution in [1.82, 2.24) is 10.3 Å². The Bertz CT molecular complexity index is 730. The summed E-state index contributed by atoms with van der Waals surface area (Å²) in [6, 6.07) is 9.60. The van der Waals surface area contributed by atoms with Crippen LogP contribution in [0.5, 0.6) is 0 Å². The van der Waals surface area contributed by atoms with Crippen molar-refractivity contribution in [3.63, 3.8) is 0 Å². The normalized spacial score (nSPS) is 12.9. The molecule has 0 saturated heterocycles. The first-order chi connectivity index (χ1) is 13.3. The van der Waals surface area contributed by atoms with Crippen molar-refractivity contribution in [2.75, 3.05) is 13.1 Å². The molecular weight excluding hydrogens is 365 g/mol. The van der Waals surface area contributed by atoms with E-state index in [1.807, 2.05) is 19.1 Å². The van der Waals surface area contributed by atoms with Crippen LogP contribution in [0.4, 0.5) is 13.2 Å². The summed E-state index contributed by atoms with van der Waals surface area (Å²) in [5.74, 6) is 0. The topological polar surface area (TPSA) is 45.1 Å². The van der Waals surface area contributed by atoms with Gasteiger partial charge in [-0.2, -0.15) is 13.2 Å². The summed E-state index contributed by atoms with van der Waals surface area (Å²) < 4.78 is 39.9. The van der Waals surface area contributed by atoms with Gasteiger partial charge in [-0.1, -0.05) is 62.4 Å². The zero-order valence-electron chi connectivity index (χ0n) is 16.5. The second-order valence-electron chi connectivity index (χ2n) is 7.17. The van der Waals surface area contributed by atoms with Gasteiger partial charge in [0.1, 0.15) is 5.69 Å². The molecule has 0 amide bonds. The third-order valence-electron chi connectivity index (χ3n) is 4.67. The van der Waals surface area contributed by atoms with Crippen LogP contribution in [-0.2, 0) is 6.18 Å². The van der Waals surface area contributed by atoms with Gasteiger partial charge in [0.2, 0.25) is 0 Å². The van der Waals surface area contributed by atoms with Crippen LogP contribution in [-0.4, -0.2) is 23.2 Å². The maximum absolute atomic E-state index is 13.3. The van der Waals surface area contributed by atoms with Crippen LogP contribution < -0.4 is 5.32 Å². The van der Waals surface area contributed by atoms with Crippen molar-refractivity contribution in [3.8, 4) is 11.3 Å². The number of aryl methyl sites for hydroxylation is 1. The standard InChI is InChI=1S/C22H29F3N2O/c1-3-4-5-6-7-12-26-15-20(28)18-13-19(17-10-8-16(2)9-11-17)27-21(14-18)22(23,24)25/h8-11,13-14,20,26,28H,3-7,12,15H2,1-2H3/t20-/m1/s1. The molecule has 0 unspecified atom stereocenters. The molecule has 0 aliphatic heterocycles. The molecule has 6 heteroatoms. The lowest BCUT2D eigenvalue weighted by Gasteiger charge is -2.16. The van der Waals surface area contributed by atoms with E-state index >= 15 is 0 Å². The predicted octanol–water partition coefficient (Wildman–Crippen LogP) is 5.67. The molecule has 2 rings (SSSR count). The molecule has 3 nitrogen and oxygen atoms in total. The van der Waals surface area contributed by atoms with Crippen molar-refractivity contribution < 1.29 is 18.3 Å². The van der Waals surface area contributed by atoms with E-state index in [9.17, 15) is 18.3 Å². The maximum Gasteiger partial charge on any atom is 0.433 e. The van der Waals surface area contributed by atoms with E-state index in [2.05, 4.69) is 17.2 Å². The van der Waals surface area contributed by atoms with Gasteiger partial charge < -0.3 is 10.4 Å². The third kappa shape index (κ3) is 6.91. The molecule has 0 fully saturated rings. The molecule has 0 radical (unpaired) electrons. The molecule has 1 aromatic heterocycles. The van der Waals surface area contributed by atoms with E-state index < -0.39 is 18.0 Å². The van der Waals surface area contributed by atoms with Gasteiger partial charge in [0, 0.05) is 12.1 Å². The summed E-state index contributed by atoms with van der Waals surface area (Å²) in [5, 5.41) is 13.5. The quantitative estimate of drug-likeness (QED) is 0.511. The molecule has 0 aliphatic rings. The summed E-state index contributed by atoms with van der Waals surface area (Å²) >= 11 is 0. The van der Waals surface area contributed by atoms with Gasteiger partial charge >= 0.3 is 6.18 Å². The fourth-order valence-electron chi connectivity index (χ4n) is 2.97. The highest BCUT2D eigenvalue weighted by molar-refractivity contribution is 5.61. The fourth-order valence-corrected chi connectivity index (χ4v) is 2.97. The summed E-state index contributed by atoms with van der Waals surface area (Å²) in [6.45, 7) is 5.01. The Balaban J connectivity index is 2.09. The molecule has 1 heterocycles. The molecule has 0 bridgehead atoms. The Morgan fingerprint density at radius 2 is 1.71 bits per heavy atom. The van der Waals surface area contributed by atoms with Crippen LogP contribution >= 0.6 is 0 Å². The summed E-state index contributed by atoms with van der Waals surface area (Å²) in [6.07, 6.45) is 0.0830. The second-order valence-corrected chi connectivity index (χ2v) is 7.17. The molecule has 1 aromatic carbocycles. The molecule has 1 atom stereocenters. The SMILES string of the molecule is CCCCCCCNC[C@@H](O)c1cc(-c2ccc(C)cc2)nc(C(F)(F)F)c1. The Morgan fingerprint density at radius 3 is 2.36 bits per heavy atom. The Morgan fingerprint density at radius 1 is 1.04 bits per heavy atom. The average Bonchev–Trinajstić information content (AvgIpc) is 2.66. The molecule has 2 N–H and O–H groups in total. The van der Waals surface area contributed by atoms with E-state index in [1.54, 1.807) is 12.1 Å². The first kappa shape index (κ1) is 22.4. The van der Waals surface area contributed by atoms with Crippen LogP contribution in [0.25, 0.3) is 11.3 Å². The smallest absolute Gasteiger partial charge is 0.387 e. The van der Waals surface area contributed by atoms with Crippen molar-refractivity contribution >= 4 is 0 Å². The molecule has 0 saturated carbocycles. The lowest BCUT2D eigenvalue weighted by atomic mass is 10.0. The van der Waals surface area contributed by atoms with Crippen LogP contribution in [0.1, 0.15) is 62.0 Å². The second kappa shape index (κ2) is 10.6. The van der Waals surface area contributed by atoms with Gasteiger partial charge in [-0.3, -0.25) is 0 Å². The number of aromatic nitrogens is 1. The van der Waals surface area contributed by atoms with Crippen molar-refractivity contribution in [3.05, 3.63) is 53.2 Å². The molecular formula is C22H29F3N2O. The number of alkyl halides is 3. The Kier molecular flexibility index (Phi) is 8.45. The number of hydrogen-bond acceptors (Lipinski definition) is 3. The number of hydrogen-bond donors (Lipinski definition) is 2. The monoisotopic (exact) mass is 394 g/mol. The van der Waals surface area contributed by atoms with Gasteiger partial charge in [0.05, 0.1) is 11.8 Å². The fraction of sp³-hybridized carbons (Fsp3) is 0.500. The van der Waals surface area contributed by atoms with E-state index in [-0.39, 0.29) is 17.8 Å². The molecule has 0 aliphatic carbocycles. The highest BCUT2D eigenvalue weighted by atomic mass is 19.4. The number of aliphatic hydroxyl groups excluding tert-OH is 1. The van der Waals surface area contributed by atoms with E-state index in [0.717, 1.165) is 31.0 Å². The number of nitrogens with one attached hydrogen (secondary N) is 1. The van der Waals surface area contributed by atoms with Crippen molar-refractivity contribution in [1.29, 1.82) is 0 Å². The number of nitrogens with zero attached hydrogens (tertiary/aromatic N) is 1. The van der Waals surface area contributed by atoms with Gasteiger partial charge in [-0.15, -0.1) is 0 Å². The number of aliphatic hydroxyl groups is 1. The minimum Gasteiger partial charge on any atom is -0.387 e. The first-order valence-corrected chi connectivity index (χ1v) is 9.86. The zero-order chi connectivity index (χ0) is 20.6. The Hall–Kier alpha value is -1.92. The van der Waals surface area contributed by atoms with E-state index in [0.29, 0.717) is 5.56 Å². The highest BCUT2D eigenvalue weighted by Crippen LogP contribution is 2.32. The van der Waals surface area contributed by atoms with Gasteiger partial charge in [-0.05, 0) is 37.6 Å². The van der Waals surface area contributed by atoms with Crippen molar-refractivity contribution in [2.45, 2.75) is 58.2 Å². The van der Waals surface area contributed by atoms with Gasteiger partial charge in [-0.25, -0.2) is 4.98 Å². The number of pyridine rings is 1.